The van der Waals surface area contributed by atoms with E-state index in [0.29, 0.717) is 18.2 Å². The van der Waals surface area contributed by atoms with Gasteiger partial charge < -0.3 is 15.4 Å². The van der Waals surface area contributed by atoms with Gasteiger partial charge in [0.05, 0.1) is 12.1 Å². The fraction of sp³-hybridized carbons (Fsp3) is 0.533. The molecule has 0 spiro atoms. The first kappa shape index (κ1) is 16.6. The molecule has 0 aliphatic carbocycles. The highest BCUT2D eigenvalue weighted by Gasteiger charge is 2.30. The van der Waals surface area contributed by atoms with Crippen molar-refractivity contribution < 1.29 is 22.7 Å². The summed E-state index contributed by atoms with van der Waals surface area (Å²) in [5.41, 5.74) is -0.712. The fourth-order valence-electron chi connectivity index (χ4n) is 2.12. The average Bonchev–Trinajstić information content (AvgIpc) is 2.41. The molecule has 2 N–H and O–H groups in total. The highest BCUT2D eigenvalue weighted by atomic mass is 19.4. The lowest BCUT2D eigenvalue weighted by molar-refractivity contribution is -0.137. The molecular formula is C15H19F3N2O2. The van der Waals surface area contributed by atoms with Crippen LogP contribution in [0.3, 0.4) is 0 Å². The van der Waals surface area contributed by atoms with Crippen LogP contribution < -0.4 is 15.4 Å². The molecule has 0 bridgehead atoms. The van der Waals surface area contributed by atoms with Crippen molar-refractivity contribution in [2.45, 2.75) is 13.1 Å². The lowest BCUT2D eigenvalue weighted by Crippen LogP contribution is -2.49. The van der Waals surface area contributed by atoms with Crippen molar-refractivity contribution in [1.29, 1.82) is 0 Å². The number of halogens is 3. The lowest BCUT2D eigenvalue weighted by atomic mass is 9.88. The van der Waals surface area contributed by atoms with E-state index in [1.165, 1.54) is 12.1 Å². The Balaban J connectivity index is 1.69. The molecule has 2 rings (SSSR count). The summed E-state index contributed by atoms with van der Waals surface area (Å²) in [4.78, 5) is 11.8. The molecule has 0 saturated carbocycles. The first-order valence-corrected chi connectivity index (χ1v) is 7.16. The summed E-state index contributed by atoms with van der Waals surface area (Å²) in [6.45, 7) is 4.14. The summed E-state index contributed by atoms with van der Waals surface area (Å²) < 4.78 is 42.5. The molecule has 122 valence electrons. The van der Waals surface area contributed by atoms with Crippen LogP contribution in [0, 0.1) is 11.8 Å². The number of benzene rings is 1. The van der Waals surface area contributed by atoms with Crippen LogP contribution in [0.15, 0.2) is 24.3 Å². The minimum absolute atomic E-state index is 0.0254. The predicted octanol–water partition coefficient (Wildman–Crippen LogP) is 2.06. The maximum absolute atomic E-state index is 12.4. The Labute approximate surface area is 127 Å². The van der Waals surface area contributed by atoms with Crippen molar-refractivity contribution in [3.8, 4) is 5.75 Å². The summed E-state index contributed by atoms with van der Waals surface area (Å²) in [6, 6.07) is 4.49. The molecule has 1 amide bonds. The molecule has 0 aromatic heterocycles. The second-order valence-corrected chi connectivity index (χ2v) is 5.37. The minimum Gasteiger partial charge on any atom is -0.492 e. The average molecular weight is 316 g/mol. The van der Waals surface area contributed by atoms with Crippen LogP contribution in [0.25, 0.3) is 0 Å². The zero-order chi connectivity index (χ0) is 16.2. The molecule has 1 saturated heterocycles. The van der Waals surface area contributed by atoms with Crippen molar-refractivity contribution in [3.05, 3.63) is 29.8 Å². The number of carbonyl (C=O) groups excluding carboxylic acids is 1. The van der Waals surface area contributed by atoms with Gasteiger partial charge in [0.15, 0.2) is 0 Å². The first-order valence-electron chi connectivity index (χ1n) is 7.16. The summed E-state index contributed by atoms with van der Waals surface area (Å²) >= 11 is 0. The zero-order valence-electron chi connectivity index (χ0n) is 12.2. The van der Waals surface area contributed by atoms with Crippen molar-refractivity contribution in [1.82, 2.24) is 10.6 Å². The van der Waals surface area contributed by atoms with Gasteiger partial charge in [-0.05, 0) is 43.3 Å². The second-order valence-electron chi connectivity index (χ2n) is 5.37. The highest BCUT2D eigenvalue weighted by molar-refractivity contribution is 5.78. The van der Waals surface area contributed by atoms with Gasteiger partial charge in [-0.25, -0.2) is 0 Å². The maximum atomic E-state index is 12.4. The van der Waals surface area contributed by atoms with Crippen molar-refractivity contribution in [3.63, 3.8) is 0 Å². The standard InChI is InChI=1S/C15H19F3N2O2/c1-10(11-8-19-9-11)14(21)20-6-7-22-13-4-2-12(3-5-13)15(16,17)18/h2-5,10-11,19H,6-9H2,1H3,(H,20,21). The van der Waals surface area contributed by atoms with Crippen molar-refractivity contribution >= 4 is 5.91 Å². The number of rotatable bonds is 6. The third-order valence-corrected chi connectivity index (χ3v) is 3.79. The Morgan fingerprint density at radius 1 is 1.36 bits per heavy atom. The van der Waals surface area contributed by atoms with Gasteiger partial charge in [-0.1, -0.05) is 6.92 Å². The minimum atomic E-state index is -4.35. The van der Waals surface area contributed by atoms with E-state index in [1.54, 1.807) is 0 Å². The molecule has 1 aliphatic heterocycles. The van der Waals surface area contributed by atoms with Gasteiger partial charge in [-0.3, -0.25) is 4.79 Å². The van der Waals surface area contributed by atoms with Crippen LogP contribution in [-0.4, -0.2) is 32.1 Å². The van der Waals surface area contributed by atoms with Crippen LogP contribution in [0.5, 0.6) is 5.75 Å². The summed E-state index contributed by atoms with van der Waals surface area (Å²) in [7, 11) is 0. The van der Waals surface area contributed by atoms with E-state index in [9.17, 15) is 18.0 Å². The zero-order valence-corrected chi connectivity index (χ0v) is 12.2. The van der Waals surface area contributed by atoms with Crippen LogP contribution in [0.2, 0.25) is 0 Å². The smallest absolute Gasteiger partial charge is 0.416 e. The van der Waals surface area contributed by atoms with Gasteiger partial charge >= 0.3 is 6.18 Å². The first-order chi connectivity index (χ1) is 10.4. The van der Waals surface area contributed by atoms with Crippen molar-refractivity contribution in [2.24, 2.45) is 11.8 Å². The second kappa shape index (κ2) is 7.00. The van der Waals surface area contributed by atoms with Gasteiger partial charge in [-0.2, -0.15) is 13.2 Å². The molecule has 1 atom stereocenters. The highest BCUT2D eigenvalue weighted by Crippen LogP contribution is 2.30. The molecule has 22 heavy (non-hydrogen) atoms. The summed E-state index contributed by atoms with van der Waals surface area (Å²) in [5.74, 6) is 0.643. The van der Waals surface area contributed by atoms with E-state index in [0.717, 1.165) is 25.2 Å². The lowest BCUT2D eigenvalue weighted by Gasteiger charge is -2.31. The van der Waals surface area contributed by atoms with Gasteiger partial charge in [-0.15, -0.1) is 0 Å². The molecule has 1 unspecified atom stereocenters. The Morgan fingerprint density at radius 3 is 2.50 bits per heavy atom. The van der Waals surface area contributed by atoms with E-state index in [2.05, 4.69) is 10.6 Å². The van der Waals surface area contributed by atoms with E-state index in [4.69, 9.17) is 4.74 Å². The largest absolute Gasteiger partial charge is 0.492 e. The number of carbonyl (C=O) groups is 1. The molecule has 1 aromatic rings. The van der Waals surface area contributed by atoms with Crippen LogP contribution in [0.1, 0.15) is 12.5 Å². The normalized spacial score (nSPS) is 16.7. The SMILES string of the molecule is CC(C(=O)NCCOc1ccc(C(F)(F)F)cc1)C1CNC1. The van der Waals surface area contributed by atoms with Crippen molar-refractivity contribution in [2.75, 3.05) is 26.2 Å². The summed E-state index contributed by atoms with van der Waals surface area (Å²) in [5, 5.41) is 5.88. The van der Waals surface area contributed by atoms with Crippen LogP contribution in [0.4, 0.5) is 13.2 Å². The van der Waals surface area contributed by atoms with Crippen LogP contribution >= 0.6 is 0 Å². The molecule has 1 aliphatic rings. The Bertz CT molecular complexity index is 499. The van der Waals surface area contributed by atoms with E-state index in [1.807, 2.05) is 6.92 Å². The Hall–Kier alpha value is -1.76. The van der Waals surface area contributed by atoms with E-state index < -0.39 is 11.7 Å². The van der Waals surface area contributed by atoms with Gasteiger partial charge in [0.2, 0.25) is 5.91 Å². The third-order valence-electron chi connectivity index (χ3n) is 3.79. The third kappa shape index (κ3) is 4.37. The molecule has 7 heteroatoms. The topological polar surface area (TPSA) is 50.4 Å². The van der Waals surface area contributed by atoms with Gasteiger partial charge in [0.25, 0.3) is 0 Å². The Morgan fingerprint density at radius 2 is 2.00 bits per heavy atom. The molecule has 0 radical (unpaired) electrons. The van der Waals surface area contributed by atoms with E-state index >= 15 is 0 Å². The molecule has 1 heterocycles. The monoisotopic (exact) mass is 316 g/mol. The quantitative estimate of drug-likeness (QED) is 0.790. The fourth-order valence-corrected chi connectivity index (χ4v) is 2.12. The van der Waals surface area contributed by atoms with Gasteiger partial charge in [0.1, 0.15) is 12.4 Å². The predicted molar refractivity (Wildman–Crippen MR) is 75.5 cm³/mol. The number of ether oxygens (including phenoxy) is 1. The summed E-state index contributed by atoms with van der Waals surface area (Å²) in [6.07, 6.45) is -4.35. The van der Waals surface area contributed by atoms with Gasteiger partial charge in [0, 0.05) is 5.92 Å². The molecule has 1 aromatic carbocycles. The maximum Gasteiger partial charge on any atom is 0.416 e. The molecule has 4 nitrogen and oxygen atoms in total. The number of nitrogens with one attached hydrogen (secondary N) is 2. The van der Waals surface area contributed by atoms with Crippen LogP contribution in [-0.2, 0) is 11.0 Å². The number of amides is 1. The van der Waals surface area contributed by atoms with E-state index in [-0.39, 0.29) is 18.4 Å². The number of hydrogen-bond donors (Lipinski definition) is 2. The molecule has 1 fully saturated rings. The molecular weight excluding hydrogens is 297 g/mol. The number of alkyl halides is 3. The number of hydrogen-bond acceptors (Lipinski definition) is 3. The Kier molecular flexibility index (Phi) is 5.28.